The average molecular weight is 401 g/mol. The molecule has 0 radical (unpaired) electrons. The molecule has 0 saturated carbocycles. The Morgan fingerprint density at radius 1 is 1.04 bits per heavy atom. The number of hydrogen-bond acceptors (Lipinski definition) is 5. The number of piperazine rings is 1. The highest BCUT2D eigenvalue weighted by molar-refractivity contribution is 7.98. The second-order valence-corrected chi connectivity index (χ2v) is 8.04. The summed E-state index contributed by atoms with van der Waals surface area (Å²) in [4.78, 5) is 30.1. The van der Waals surface area contributed by atoms with Crippen LogP contribution >= 0.6 is 11.8 Å². The number of carbonyl (C=O) groups excluding carboxylic acids is 2. The number of benzene rings is 1. The van der Waals surface area contributed by atoms with Crippen LogP contribution in [-0.2, 0) is 15.3 Å². The van der Waals surface area contributed by atoms with Gasteiger partial charge in [0, 0.05) is 49.0 Å². The second-order valence-electron chi connectivity index (χ2n) is 7.00. The van der Waals surface area contributed by atoms with E-state index >= 15 is 0 Å². The van der Waals surface area contributed by atoms with Gasteiger partial charge in [-0.2, -0.15) is 0 Å². The number of carbonyl (C=O) groups is 2. The van der Waals surface area contributed by atoms with Crippen molar-refractivity contribution in [2.75, 3.05) is 32.8 Å². The number of amides is 2. The van der Waals surface area contributed by atoms with E-state index in [1.54, 1.807) is 22.9 Å². The van der Waals surface area contributed by atoms with Crippen molar-refractivity contribution in [1.82, 2.24) is 9.80 Å². The largest absolute Gasteiger partial charge is 0.459 e. The predicted molar refractivity (Wildman–Crippen MR) is 106 cm³/mol. The van der Waals surface area contributed by atoms with E-state index in [2.05, 4.69) is 12.1 Å². The highest BCUT2D eigenvalue weighted by Gasteiger charge is 2.32. The standard InChI is InChI=1S/C21H24N2O4S/c24-20(18-7-4-13-26-18)22-9-11-23(12-10-22)21(25)19-16(8-14-27-19)15-28-17-5-2-1-3-6-17/h1-3,5-6,8,14,18H,4,7,9-13,15H2. The normalized spacial score (nSPS) is 19.8. The third-order valence-electron chi connectivity index (χ3n) is 5.16. The molecule has 28 heavy (non-hydrogen) atoms. The van der Waals surface area contributed by atoms with Gasteiger partial charge in [0.05, 0.1) is 6.26 Å². The van der Waals surface area contributed by atoms with E-state index in [1.807, 2.05) is 29.2 Å². The molecule has 0 bridgehead atoms. The first-order valence-electron chi connectivity index (χ1n) is 9.66. The topological polar surface area (TPSA) is 63.0 Å². The summed E-state index contributed by atoms with van der Waals surface area (Å²) in [6, 6.07) is 12.0. The van der Waals surface area contributed by atoms with Gasteiger partial charge in [-0.1, -0.05) is 18.2 Å². The lowest BCUT2D eigenvalue weighted by Crippen LogP contribution is -2.52. The molecule has 4 rings (SSSR count). The Morgan fingerprint density at radius 3 is 2.50 bits per heavy atom. The van der Waals surface area contributed by atoms with Crippen LogP contribution in [0.3, 0.4) is 0 Å². The second kappa shape index (κ2) is 8.84. The number of hydrogen-bond donors (Lipinski definition) is 0. The van der Waals surface area contributed by atoms with Crippen molar-refractivity contribution in [1.29, 1.82) is 0 Å². The van der Waals surface area contributed by atoms with Crippen molar-refractivity contribution in [3.05, 3.63) is 54.0 Å². The summed E-state index contributed by atoms with van der Waals surface area (Å²) in [6.45, 7) is 2.78. The van der Waals surface area contributed by atoms with E-state index in [1.165, 1.54) is 0 Å². The molecular formula is C21H24N2O4S. The van der Waals surface area contributed by atoms with E-state index in [9.17, 15) is 9.59 Å². The van der Waals surface area contributed by atoms with E-state index < -0.39 is 0 Å². The molecule has 2 saturated heterocycles. The Morgan fingerprint density at radius 2 is 1.79 bits per heavy atom. The molecule has 1 aromatic carbocycles. The fourth-order valence-corrected chi connectivity index (χ4v) is 4.46. The van der Waals surface area contributed by atoms with Gasteiger partial charge in [-0.05, 0) is 31.0 Å². The molecular weight excluding hydrogens is 376 g/mol. The monoisotopic (exact) mass is 400 g/mol. The lowest BCUT2D eigenvalue weighted by atomic mass is 10.2. The van der Waals surface area contributed by atoms with Crippen molar-refractivity contribution in [2.45, 2.75) is 29.6 Å². The number of thioether (sulfide) groups is 1. The van der Waals surface area contributed by atoms with Gasteiger partial charge in [0.25, 0.3) is 11.8 Å². The SMILES string of the molecule is O=C(c1occc1CSc1ccccc1)N1CCN(C(=O)C2CCCO2)CC1. The quantitative estimate of drug-likeness (QED) is 0.722. The van der Waals surface area contributed by atoms with Crippen molar-refractivity contribution in [2.24, 2.45) is 0 Å². The lowest BCUT2D eigenvalue weighted by Gasteiger charge is -2.35. The molecule has 3 heterocycles. The van der Waals surface area contributed by atoms with Gasteiger partial charge < -0.3 is 19.0 Å². The zero-order chi connectivity index (χ0) is 19.3. The maximum Gasteiger partial charge on any atom is 0.289 e. The number of ether oxygens (including phenoxy) is 1. The zero-order valence-corrected chi connectivity index (χ0v) is 16.5. The lowest BCUT2D eigenvalue weighted by molar-refractivity contribution is -0.142. The minimum Gasteiger partial charge on any atom is -0.459 e. The van der Waals surface area contributed by atoms with Gasteiger partial charge in [-0.25, -0.2) is 0 Å². The minimum absolute atomic E-state index is 0.0579. The van der Waals surface area contributed by atoms with E-state index in [0.717, 1.165) is 23.3 Å². The molecule has 6 nitrogen and oxygen atoms in total. The summed E-state index contributed by atoms with van der Waals surface area (Å²) < 4.78 is 11.0. The molecule has 2 aliphatic rings. The van der Waals surface area contributed by atoms with Crippen LogP contribution in [0.1, 0.15) is 29.0 Å². The van der Waals surface area contributed by atoms with Crippen LogP contribution in [0.25, 0.3) is 0 Å². The molecule has 1 atom stereocenters. The Kier molecular flexibility index (Phi) is 6.02. The first-order valence-corrected chi connectivity index (χ1v) is 10.6. The molecule has 2 amide bonds. The van der Waals surface area contributed by atoms with Crippen molar-refractivity contribution in [3.8, 4) is 0 Å². The molecule has 0 aliphatic carbocycles. The highest BCUT2D eigenvalue weighted by Crippen LogP contribution is 2.26. The molecule has 1 aromatic heterocycles. The van der Waals surface area contributed by atoms with Crippen LogP contribution in [0.4, 0.5) is 0 Å². The van der Waals surface area contributed by atoms with Crippen LogP contribution in [0.2, 0.25) is 0 Å². The zero-order valence-electron chi connectivity index (χ0n) is 15.7. The number of rotatable bonds is 5. The maximum atomic E-state index is 12.9. The Labute approximate surface area is 168 Å². The van der Waals surface area contributed by atoms with Gasteiger partial charge in [0.1, 0.15) is 6.10 Å². The molecule has 2 aromatic rings. The first-order chi connectivity index (χ1) is 13.7. The molecule has 2 fully saturated rings. The summed E-state index contributed by atoms with van der Waals surface area (Å²) >= 11 is 1.68. The molecule has 7 heteroatoms. The number of furan rings is 1. The Bertz CT molecular complexity index is 809. The summed E-state index contributed by atoms with van der Waals surface area (Å²) in [6.07, 6.45) is 3.02. The van der Waals surface area contributed by atoms with E-state index in [0.29, 0.717) is 44.3 Å². The van der Waals surface area contributed by atoms with Gasteiger partial charge in [-0.15, -0.1) is 11.8 Å². The van der Waals surface area contributed by atoms with Crippen LogP contribution in [0.5, 0.6) is 0 Å². The van der Waals surface area contributed by atoms with E-state index in [4.69, 9.17) is 9.15 Å². The molecule has 148 valence electrons. The first kappa shape index (κ1) is 19.1. The van der Waals surface area contributed by atoms with Crippen molar-refractivity contribution < 1.29 is 18.7 Å². The fourth-order valence-electron chi connectivity index (χ4n) is 3.56. The Hall–Kier alpha value is -2.25. The van der Waals surface area contributed by atoms with Gasteiger partial charge in [0.2, 0.25) is 0 Å². The minimum atomic E-state index is -0.297. The van der Waals surface area contributed by atoms with Crippen LogP contribution in [0.15, 0.2) is 52.0 Å². The highest BCUT2D eigenvalue weighted by atomic mass is 32.2. The van der Waals surface area contributed by atoms with Crippen molar-refractivity contribution in [3.63, 3.8) is 0 Å². The van der Waals surface area contributed by atoms with Crippen molar-refractivity contribution >= 4 is 23.6 Å². The van der Waals surface area contributed by atoms with Crippen LogP contribution < -0.4 is 0 Å². The van der Waals surface area contributed by atoms with Crippen LogP contribution in [0, 0.1) is 0 Å². The summed E-state index contributed by atoms with van der Waals surface area (Å²) in [7, 11) is 0. The van der Waals surface area contributed by atoms with Gasteiger partial charge >= 0.3 is 0 Å². The fraction of sp³-hybridized carbons (Fsp3) is 0.429. The van der Waals surface area contributed by atoms with Gasteiger partial charge in [-0.3, -0.25) is 9.59 Å². The summed E-state index contributed by atoms with van der Waals surface area (Å²) in [5.74, 6) is 1.04. The van der Waals surface area contributed by atoms with Crippen LogP contribution in [-0.4, -0.2) is 60.5 Å². The average Bonchev–Trinajstić information content (AvgIpc) is 3.44. The molecule has 0 N–H and O–H groups in total. The summed E-state index contributed by atoms with van der Waals surface area (Å²) in [5, 5.41) is 0. The summed E-state index contributed by atoms with van der Waals surface area (Å²) in [5.41, 5.74) is 0.900. The molecule has 0 spiro atoms. The molecule has 1 unspecified atom stereocenters. The predicted octanol–water partition coefficient (Wildman–Crippen LogP) is 3.04. The smallest absolute Gasteiger partial charge is 0.289 e. The maximum absolute atomic E-state index is 12.9. The third-order valence-corrected chi connectivity index (χ3v) is 6.22. The van der Waals surface area contributed by atoms with E-state index in [-0.39, 0.29) is 17.9 Å². The number of nitrogens with zero attached hydrogens (tertiary/aromatic N) is 2. The molecule has 2 aliphatic heterocycles. The third kappa shape index (κ3) is 4.25. The Balaban J connectivity index is 1.33. The van der Waals surface area contributed by atoms with Gasteiger partial charge in [0.15, 0.2) is 5.76 Å².